The highest BCUT2D eigenvalue weighted by molar-refractivity contribution is 5.00. The molecule has 1 aliphatic rings. The van der Waals surface area contributed by atoms with Crippen molar-refractivity contribution in [1.29, 1.82) is 0 Å². The third kappa shape index (κ3) is 3.34. The van der Waals surface area contributed by atoms with E-state index < -0.39 is 0 Å². The monoisotopic (exact) mass is 266 g/mol. The van der Waals surface area contributed by atoms with Gasteiger partial charge in [-0.1, -0.05) is 32.3 Å². The SMILES string of the molecule is CC1CCCC(CN)N1Cc1nc(C(C)(C)C)no1. The van der Waals surface area contributed by atoms with Crippen LogP contribution in [0.15, 0.2) is 4.52 Å². The molecule has 1 fully saturated rings. The smallest absolute Gasteiger partial charge is 0.240 e. The maximum absolute atomic E-state index is 5.88. The average molecular weight is 266 g/mol. The molecule has 2 N–H and O–H groups in total. The number of nitrogens with zero attached hydrogens (tertiary/aromatic N) is 3. The Hall–Kier alpha value is -0.940. The van der Waals surface area contributed by atoms with Crippen LogP contribution in [0.3, 0.4) is 0 Å². The topological polar surface area (TPSA) is 68.2 Å². The Morgan fingerprint density at radius 3 is 2.68 bits per heavy atom. The lowest BCUT2D eigenvalue weighted by molar-refractivity contribution is 0.0770. The van der Waals surface area contributed by atoms with Gasteiger partial charge in [-0.25, -0.2) is 0 Å². The van der Waals surface area contributed by atoms with Crippen molar-refractivity contribution in [3.63, 3.8) is 0 Å². The van der Waals surface area contributed by atoms with Crippen LogP contribution >= 0.6 is 0 Å². The van der Waals surface area contributed by atoms with E-state index in [0.29, 0.717) is 31.1 Å². The summed E-state index contributed by atoms with van der Waals surface area (Å²) in [6.07, 6.45) is 3.65. The summed E-state index contributed by atoms with van der Waals surface area (Å²) in [6.45, 7) is 9.94. The first-order valence-corrected chi connectivity index (χ1v) is 7.20. The molecule has 2 unspecified atom stereocenters. The second-order valence-electron chi connectivity index (χ2n) is 6.60. The number of likely N-dealkylation sites (tertiary alicyclic amines) is 1. The molecule has 0 amide bonds. The summed E-state index contributed by atoms with van der Waals surface area (Å²) in [5.41, 5.74) is 5.81. The predicted octanol–water partition coefficient (Wildman–Crippen LogP) is 2.07. The Bertz CT molecular complexity index is 410. The third-order valence-corrected chi connectivity index (χ3v) is 3.92. The van der Waals surface area contributed by atoms with Gasteiger partial charge in [0, 0.05) is 24.0 Å². The van der Waals surface area contributed by atoms with E-state index in [1.165, 1.54) is 19.3 Å². The normalized spacial score (nSPS) is 25.7. The maximum Gasteiger partial charge on any atom is 0.240 e. The van der Waals surface area contributed by atoms with Crippen molar-refractivity contribution in [2.24, 2.45) is 5.73 Å². The van der Waals surface area contributed by atoms with Crippen LogP contribution < -0.4 is 5.73 Å². The van der Waals surface area contributed by atoms with Gasteiger partial charge < -0.3 is 10.3 Å². The van der Waals surface area contributed by atoms with Crippen molar-refractivity contribution in [3.05, 3.63) is 11.7 Å². The number of hydrogen-bond donors (Lipinski definition) is 1. The van der Waals surface area contributed by atoms with E-state index in [9.17, 15) is 0 Å². The molecule has 1 aromatic rings. The molecule has 5 heteroatoms. The first-order chi connectivity index (χ1) is 8.91. The first-order valence-electron chi connectivity index (χ1n) is 7.20. The minimum Gasteiger partial charge on any atom is -0.338 e. The summed E-state index contributed by atoms with van der Waals surface area (Å²) in [4.78, 5) is 6.92. The van der Waals surface area contributed by atoms with Crippen molar-refractivity contribution in [3.8, 4) is 0 Å². The van der Waals surface area contributed by atoms with Crippen LogP contribution in [-0.4, -0.2) is 33.7 Å². The Morgan fingerprint density at radius 2 is 2.11 bits per heavy atom. The van der Waals surface area contributed by atoms with E-state index in [-0.39, 0.29) is 5.41 Å². The first kappa shape index (κ1) is 14.5. The molecule has 0 spiro atoms. The van der Waals surface area contributed by atoms with Crippen molar-refractivity contribution in [2.75, 3.05) is 6.54 Å². The lowest BCUT2D eigenvalue weighted by Gasteiger charge is -2.39. The van der Waals surface area contributed by atoms with Gasteiger partial charge >= 0.3 is 0 Å². The Kier molecular flexibility index (Phi) is 4.26. The molecule has 0 radical (unpaired) electrons. The average Bonchev–Trinajstić information content (AvgIpc) is 2.80. The minimum atomic E-state index is -0.0669. The van der Waals surface area contributed by atoms with E-state index in [4.69, 9.17) is 10.3 Å². The van der Waals surface area contributed by atoms with Gasteiger partial charge in [0.25, 0.3) is 0 Å². The molecular weight excluding hydrogens is 240 g/mol. The van der Waals surface area contributed by atoms with Gasteiger partial charge in [-0.2, -0.15) is 4.98 Å². The molecule has 0 aliphatic carbocycles. The fourth-order valence-corrected chi connectivity index (χ4v) is 2.66. The molecule has 108 valence electrons. The second kappa shape index (κ2) is 5.59. The fourth-order valence-electron chi connectivity index (χ4n) is 2.66. The Labute approximate surface area is 115 Å². The maximum atomic E-state index is 5.88. The van der Waals surface area contributed by atoms with E-state index >= 15 is 0 Å². The van der Waals surface area contributed by atoms with Gasteiger partial charge in [0.15, 0.2) is 5.82 Å². The van der Waals surface area contributed by atoms with Crippen LogP contribution in [0.2, 0.25) is 0 Å². The number of nitrogens with two attached hydrogens (primary N) is 1. The van der Waals surface area contributed by atoms with Crippen molar-refractivity contribution >= 4 is 0 Å². The van der Waals surface area contributed by atoms with Crippen LogP contribution in [-0.2, 0) is 12.0 Å². The van der Waals surface area contributed by atoms with E-state index in [1.807, 2.05) is 0 Å². The molecule has 2 atom stereocenters. The zero-order valence-electron chi connectivity index (χ0n) is 12.5. The van der Waals surface area contributed by atoms with Crippen molar-refractivity contribution in [2.45, 2.75) is 71.0 Å². The predicted molar refractivity (Wildman–Crippen MR) is 74.7 cm³/mol. The summed E-state index contributed by atoms with van der Waals surface area (Å²) in [5, 5.41) is 4.08. The summed E-state index contributed by atoms with van der Waals surface area (Å²) < 4.78 is 5.39. The summed E-state index contributed by atoms with van der Waals surface area (Å²) >= 11 is 0. The molecule has 0 saturated carbocycles. The fraction of sp³-hybridized carbons (Fsp3) is 0.857. The van der Waals surface area contributed by atoms with Crippen LogP contribution in [0, 0.1) is 0 Å². The lowest BCUT2D eigenvalue weighted by atomic mass is 9.96. The minimum absolute atomic E-state index is 0.0669. The standard InChI is InChI=1S/C14H26N4O/c1-10-6-5-7-11(8-15)18(10)9-12-16-13(17-19-12)14(2,3)4/h10-11H,5-9,15H2,1-4H3. The van der Waals surface area contributed by atoms with Crippen LogP contribution in [0.5, 0.6) is 0 Å². The highest BCUT2D eigenvalue weighted by Crippen LogP contribution is 2.25. The van der Waals surface area contributed by atoms with Gasteiger partial charge in [-0.05, 0) is 19.8 Å². The summed E-state index contributed by atoms with van der Waals surface area (Å²) in [5.74, 6) is 1.48. The largest absolute Gasteiger partial charge is 0.338 e. The molecule has 5 nitrogen and oxygen atoms in total. The third-order valence-electron chi connectivity index (χ3n) is 3.92. The van der Waals surface area contributed by atoms with Crippen LogP contribution in [0.1, 0.15) is 58.7 Å². The van der Waals surface area contributed by atoms with Gasteiger partial charge in [0.2, 0.25) is 5.89 Å². The van der Waals surface area contributed by atoms with Crippen molar-refractivity contribution in [1.82, 2.24) is 15.0 Å². The molecule has 1 aromatic heterocycles. The van der Waals surface area contributed by atoms with Crippen LogP contribution in [0.25, 0.3) is 0 Å². The van der Waals surface area contributed by atoms with Gasteiger partial charge in [-0.3, -0.25) is 4.90 Å². The number of piperidine rings is 1. The quantitative estimate of drug-likeness (QED) is 0.907. The zero-order valence-corrected chi connectivity index (χ0v) is 12.5. The number of rotatable bonds is 3. The van der Waals surface area contributed by atoms with Crippen molar-refractivity contribution < 1.29 is 4.52 Å². The molecule has 0 aromatic carbocycles. The zero-order chi connectivity index (χ0) is 14.0. The summed E-state index contributed by atoms with van der Waals surface area (Å²) in [6, 6.07) is 0.973. The van der Waals surface area contributed by atoms with Crippen LogP contribution in [0.4, 0.5) is 0 Å². The molecule has 2 heterocycles. The highest BCUT2D eigenvalue weighted by Gasteiger charge is 2.29. The molecule has 1 saturated heterocycles. The van der Waals surface area contributed by atoms with E-state index in [2.05, 4.69) is 42.7 Å². The lowest BCUT2D eigenvalue weighted by Crippen LogP contribution is -2.48. The highest BCUT2D eigenvalue weighted by atomic mass is 16.5. The molecule has 1 aliphatic heterocycles. The molecule has 19 heavy (non-hydrogen) atoms. The van der Waals surface area contributed by atoms with Gasteiger partial charge in [-0.15, -0.1) is 0 Å². The molecular formula is C14H26N4O. The second-order valence-corrected chi connectivity index (χ2v) is 6.60. The number of aromatic nitrogens is 2. The van der Waals surface area contributed by atoms with E-state index in [1.54, 1.807) is 0 Å². The Morgan fingerprint density at radius 1 is 1.37 bits per heavy atom. The summed E-state index contributed by atoms with van der Waals surface area (Å²) in [7, 11) is 0. The Balaban J connectivity index is 2.08. The number of hydrogen-bond acceptors (Lipinski definition) is 5. The van der Waals surface area contributed by atoms with Gasteiger partial charge in [0.1, 0.15) is 0 Å². The van der Waals surface area contributed by atoms with E-state index in [0.717, 1.165) is 5.82 Å². The van der Waals surface area contributed by atoms with Gasteiger partial charge in [0.05, 0.1) is 6.54 Å². The molecule has 0 bridgehead atoms. The molecule has 2 rings (SSSR count).